The molecule has 178 valence electrons. The molecule has 2 amide bonds. The van der Waals surface area contributed by atoms with Crippen molar-refractivity contribution in [2.75, 3.05) is 12.4 Å². The van der Waals surface area contributed by atoms with E-state index in [1.54, 1.807) is 31.6 Å². The van der Waals surface area contributed by atoms with Crippen molar-refractivity contribution in [1.29, 1.82) is 0 Å². The van der Waals surface area contributed by atoms with Crippen molar-refractivity contribution in [2.45, 2.75) is 43.7 Å². The summed E-state index contributed by atoms with van der Waals surface area (Å²) in [5, 5.41) is 5.78. The normalized spacial score (nSPS) is 12.0. The lowest BCUT2D eigenvalue weighted by Crippen LogP contribution is -2.45. The number of aromatic nitrogens is 1. The van der Waals surface area contributed by atoms with Crippen molar-refractivity contribution >= 4 is 29.4 Å². The molecule has 34 heavy (non-hydrogen) atoms. The van der Waals surface area contributed by atoms with Crippen LogP contribution in [0.15, 0.2) is 78.0 Å². The summed E-state index contributed by atoms with van der Waals surface area (Å²) >= 11 is 1.54. The number of nitrogens with one attached hydrogen (secondary N) is 3. The summed E-state index contributed by atoms with van der Waals surface area (Å²) < 4.78 is 8.57. The Balaban J connectivity index is 1.71. The first kappa shape index (κ1) is 25.3. The van der Waals surface area contributed by atoms with Gasteiger partial charge in [-0.15, -0.1) is 0 Å². The van der Waals surface area contributed by atoms with E-state index in [1.165, 1.54) is 11.9 Å². The summed E-state index contributed by atoms with van der Waals surface area (Å²) in [6.45, 7) is 6.29. The van der Waals surface area contributed by atoms with E-state index >= 15 is 0 Å². The fourth-order valence-electron chi connectivity index (χ4n) is 3.00. The number of amides is 2. The second kappa shape index (κ2) is 11.7. The highest BCUT2D eigenvalue weighted by Gasteiger charge is 2.22. The number of carbonyl (C=O) groups excluding carboxylic acids is 2. The lowest BCUT2D eigenvalue weighted by molar-refractivity contribution is -0.118. The molecular formula is C26H30N4O3S. The van der Waals surface area contributed by atoms with Crippen molar-refractivity contribution in [3.63, 3.8) is 0 Å². The van der Waals surface area contributed by atoms with Crippen LogP contribution in [0, 0.1) is 0 Å². The van der Waals surface area contributed by atoms with Crippen LogP contribution in [0.2, 0.25) is 0 Å². The molecule has 8 heteroatoms. The van der Waals surface area contributed by atoms with E-state index in [2.05, 4.69) is 41.1 Å². The molecule has 0 aliphatic heterocycles. The summed E-state index contributed by atoms with van der Waals surface area (Å²) in [6.07, 6.45) is 3.42. The Kier molecular flexibility index (Phi) is 8.67. The third-order valence-electron chi connectivity index (χ3n) is 4.76. The van der Waals surface area contributed by atoms with Crippen LogP contribution < -0.4 is 20.1 Å². The number of benzene rings is 2. The number of pyridine rings is 1. The Morgan fingerprint density at radius 2 is 1.62 bits per heavy atom. The van der Waals surface area contributed by atoms with E-state index in [0.717, 1.165) is 16.2 Å². The minimum absolute atomic E-state index is 0.0146. The molecule has 3 N–H and O–H groups in total. The lowest BCUT2D eigenvalue weighted by atomic mass is 10.0. The average molecular weight is 479 g/mol. The van der Waals surface area contributed by atoms with Crippen LogP contribution in [0.5, 0.6) is 5.75 Å². The molecule has 1 aromatic heterocycles. The molecule has 0 radical (unpaired) electrons. The fourth-order valence-corrected chi connectivity index (χ4v) is 3.70. The highest BCUT2D eigenvalue weighted by molar-refractivity contribution is 7.97. The molecule has 0 saturated carbocycles. The zero-order valence-electron chi connectivity index (χ0n) is 19.8. The second-order valence-electron chi connectivity index (χ2n) is 8.78. The van der Waals surface area contributed by atoms with Gasteiger partial charge in [-0.3, -0.25) is 19.3 Å². The summed E-state index contributed by atoms with van der Waals surface area (Å²) in [5.74, 6) is 0.0898. The minimum Gasteiger partial charge on any atom is -0.497 e. The molecule has 0 unspecified atom stereocenters. The number of ether oxygens (including phenoxy) is 1. The van der Waals surface area contributed by atoms with E-state index in [-0.39, 0.29) is 17.4 Å². The lowest BCUT2D eigenvalue weighted by Gasteiger charge is -2.20. The smallest absolute Gasteiger partial charge is 0.252 e. The SMILES string of the molecule is COc1ccc(C[C@H](NC(=O)c2ccncc2)C(=O)Nc2ccc(SNC(C)(C)C)cc2)cc1. The molecule has 0 fully saturated rings. The van der Waals surface area contributed by atoms with Gasteiger partial charge in [0.05, 0.1) is 7.11 Å². The van der Waals surface area contributed by atoms with Gasteiger partial charge in [-0.1, -0.05) is 12.1 Å². The first-order valence-electron chi connectivity index (χ1n) is 10.9. The molecule has 1 atom stereocenters. The Morgan fingerprint density at radius 3 is 2.21 bits per heavy atom. The Labute approximate surface area is 204 Å². The van der Waals surface area contributed by atoms with Gasteiger partial charge in [-0.25, -0.2) is 0 Å². The Hall–Kier alpha value is -3.36. The van der Waals surface area contributed by atoms with Gasteiger partial charge >= 0.3 is 0 Å². The van der Waals surface area contributed by atoms with Gasteiger partial charge in [0, 0.05) is 40.5 Å². The van der Waals surface area contributed by atoms with Gasteiger partial charge in [0.25, 0.3) is 5.91 Å². The molecule has 0 aliphatic carbocycles. The number of anilines is 1. The van der Waals surface area contributed by atoms with Gasteiger partial charge in [0.2, 0.25) is 5.91 Å². The predicted octanol–water partition coefficient (Wildman–Crippen LogP) is 4.47. The first-order valence-corrected chi connectivity index (χ1v) is 11.7. The Bertz CT molecular complexity index is 1080. The quantitative estimate of drug-likeness (QED) is 0.393. The number of carbonyl (C=O) groups is 2. The maximum atomic E-state index is 13.2. The van der Waals surface area contributed by atoms with E-state index in [4.69, 9.17) is 4.74 Å². The molecule has 0 bridgehead atoms. The largest absolute Gasteiger partial charge is 0.497 e. The van der Waals surface area contributed by atoms with Crippen LogP contribution in [0.3, 0.4) is 0 Å². The molecule has 3 aromatic rings. The maximum absolute atomic E-state index is 13.2. The number of hydrogen-bond acceptors (Lipinski definition) is 6. The van der Waals surface area contributed by atoms with Crippen molar-refractivity contribution in [3.8, 4) is 5.75 Å². The average Bonchev–Trinajstić information content (AvgIpc) is 2.83. The standard InChI is InChI=1S/C26H30N4O3S/c1-26(2,3)30-34-22-11-7-20(8-12-22)28-25(32)23(17-18-5-9-21(33-4)10-6-18)29-24(31)19-13-15-27-16-14-19/h5-16,23,30H,17H2,1-4H3,(H,28,32)(H,29,31)/t23-/m0/s1. The van der Waals surface area contributed by atoms with Crippen molar-refractivity contribution in [3.05, 3.63) is 84.2 Å². The molecule has 0 spiro atoms. The van der Waals surface area contributed by atoms with Crippen LogP contribution in [0.1, 0.15) is 36.7 Å². The summed E-state index contributed by atoms with van der Waals surface area (Å²) in [4.78, 5) is 30.9. The van der Waals surface area contributed by atoms with Crippen molar-refractivity contribution in [2.24, 2.45) is 0 Å². The van der Waals surface area contributed by atoms with Crippen LogP contribution >= 0.6 is 11.9 Å². The first-order chi connectivity index (χ1) is 16.2. The molecule has 3 rings (SSSR count). The topological polar surface area (TPSA) is 92.3 Å². The number of hydrogen-bond donors (Lipinski definition) is 3. The molecular weight excluding hydrogens is 448 g/mol. The third kappa shape index (κ3) is 7.90. The van der Waals surface area contributed by atoms with Crippen LogP contribution in [0.4, 0.5) is 5.69 Å². The van der Waals surface area contributed by atoms with E-state index < -0.39 is 6.04 Å². The van der Waals surface area contributed by atoms with Crippen LogP contribution in [0.25, 0.3) is 0 Å². The van der Waals surface area contributed by atoms with Crippen molar-refractivity contribution < 1.29 is 14.3 Å². The number of nitrogens with zero attached hydrogens (tertiary/aromatic N) is 1. The van der Waals surface area contributed by atoms with Gasteiger partial charge in [0.1, 0.15) is 11.8 Å². The van der Waals surface area contributed by atoms with Crippen molar-refractivity contribution in [1.82, 2.24) is 15.0 Å². The minimum atomic E-state index is -0.773. The number of rotatable bonds is 9. The number of methoxy groups -OCH3 is 1. The fraction of sp³-hybridized carbons (Fsp3) is 0.269. The summed E-state index contributed by atoms with van der Waals surface area (Å²) in [6, 6.07) is 17.4. The second-order valence-corrected chi connectivity index (χ2v) is 9.66. The molecule has 0 aliphatic rings. The Morgan fingerprint density at radius 1 is 0.971 bits per heavy atom. The highest BCUT2D eigenvalue weighted by atomic mass is 32.2. The van der Waals surface area contributed by atoms with Crippen LogP contribution in [-0.4, -0.2) is 35.5 Å². The summed E-state index contributed by atoms with van der Waals surface area (Å²) in [7, 11) is 1.60. The monoisotopic (exact) mass is 478 g/mol. The highest BCUT2D eigenvalue weighted by Crippen LogP contribution is 2.21. The van der Waals surface area contributed by atoms with Gasteiger partial charge in [-0.2, -0.15) is 0 Å². The van der Waals surface area contributed by atoms with Gasteiger partial charge in [0.15, 0.2) is 0 Å². The predicted molar refractivity (Wildman–Crippen MR) is 136 cm³/mol. The van der Waals surface area contributed by atoms with Gasteiger partial charge in [-0.05, 0) is 86.8 Å². The maximum Gasteiger partial charge on any atom is 0.252 e. The van der Waals surface area contributed by atoms with E-state index in [1.807, 2.05) is 48.5 Å². The van der Waals surface area contributed by atoms with Crippen LogP contribution in [-0.2, 0) is 11.2 Å². The van der Waals surface area contributed by atoms with Gasteiger partial charge < -0.3 is 15.4 Å². The molecule has 0 saturated heterocycles. The summed E-state index contributed by atoms with van der Waals surface area (Å²) in [5.41, 5.74) is 1.98. The molecule has 2 aromatic carbocycles. The third-order valence-corrected chi connectivity index (χ3v) is 5.98. The zero-order valence-corrected chi connectivity index (χ0v) is 20.6. The zero-order chi connectivity index (χ0) is 24.6. The molecule has 1 heterocycles. The van der Waals surface area contributed by atoms with E-state index in [9.17, 15) is 9.59 Å². The van der Waals surface area contributed by atoms with E-state index in [0.29, 0.717) is 17.7 Å². The molecule has 7 nitrogen and oxygen atoms in total.